The molecule has 1 heterocycles. The van der Waals surface area contributed by atoms with E-state index < -0.39 is 0 Å². The lowest BCUT2D eigenvalue weighted by atomic mass is 10.0. The molecular weight excluding hydrogens is 176 g/mol. The Labute approximate surface area is 86.6 Å². The van der Waals surface area contributed by atoms with E-state index in [1.807, 2.05) is 0 Å². The summed E-state index contributed by atoms with van der Waals surface area (Å²) in [7, 11) is 0. The molecule has 2 aliphatic rings. The Hall–Kier alpha value is -0.120. The molecule has 0 aromatic rings. The first kappa shape index (κ1) is 10.4. The molecule has 0 amide bonds. The second kappa shape index (κ2) is 4.60. The fourth-order valence-electron chi connectivity index (χ4n) is 2.08. The van der Waals surface area contributed by atoms with Crippen molar-refractivity contribution >= 4 is 0 Å². The summed E-state index contributed by atoms with van der Waals surface area (Å²) in [5.41, 5.74) is 0.655. The molecule has 1 aliphatic carbocycles. The van der Waals surface area contributed by atoms with Crippen LogP contribution in [0.5, 0.6) is 0 Å². The molecule has 3 nitrogen and oxygen atoms in total. The van der Waals surface area contributed by atoms with E-state index in [4.69, 9.17) is 4.74 Å². The monoisotopic (exact) mass is 198 g/mol. The molecule has 1 saturated carbocycles. The van der Waals surface area contributed by atoms with Gasteiger partial charge in [0.1, 0.15) is 0 Å². The topological polar surface area (TPSA) is 33.3 Å². The van der Waals surface area contributed by atoms with Crippen LogP contribution in [-0.2, 0) is 4.74 Å². The Morgan fingerprint density at radius 1 is 1.50 bits per heavy atom. The van der Waals surface area contributed by atoms with Gasteiger partial charge in [0, 0.05) is 26.2 Å². The summed E-state index contributed by atoms with van der Waals surface area (Å²) >= 11 is 0. The minimum absolute atomic E-state index is 0.386. The molecule has 2 fully saturated rings. The number of hydrogen-bond acceptors (Lipinski definition) is 3. The molecule has 1 unspecified atom stereocenters. The molecule has 0 bridgehead atoms. The summed E-state index contributed by atoms with van der Waals surface area (Å²) in [4.78, 5) is 0. The lowest BCUT2D eigenvalue weighted by molar-refractivity contribution is 0.0285. The first-order valence-corrected chi connectivity index (χ1v) is 5.88. The zero-order valence-electron chi connectivity index (χ0n) is 9.14. The van der Waals surface area contributed by atoms with Gasteiger partial charge in [-0.3, -0.25) is 0 Å². The largest absolute Gasteiger partial charge is 0.374 e. The zero-order chi connectivity index (χ0) is 9.86. The van der Waals surface area contributed by atoms with Crippen molar-refractivity contribution in [2.45, 2.75) is 32.3 Å². The highest BCUT2D eigenvalue weighted by Crippen LogP contribution is 2.47. The van der Waals surface area contributed by atoms with Gasteiger partial charge in [0.2, 0.25) is 0 Å². The predicted octanol–water partition coefficient (Wildman–Crippen LogP) is 0.755. The van der Waals surface area contributed by atoms with E-state index in [9.17, 15) is 0 Å². The van der Waals surface area contributed by atoms with Gasteiger partial charge in [-0.25, -0.2) is 0 Å². The van der Waals surface area contributed by atoms with Crippen molar-refractivity contribution in [2.24, 2.45) is 5.41 Å². The molecule has 82 valence electrons. The number of nitrogens with one attached hydrogen (secondary N) is 2. The van der Waals surface area contributed by atoms with Gasteiger partial charge in [0.15, 0.2) is 0 Å². The molecule has 14 heavy (non-hydrogen) atoms. The van der Waals surface area contributed by atoms with Crippen LogP contribution in [0.1, 0.15) is 26.2 Å². The fourth-order valence-corrected chi connectivity index (χ4v) is 2.08. The minimum Gasteiger partial charge on any atom is -0.374 e. The van der Waals surface area contributed by atoms with Gasteiger partial charge >= 0.3 is 0 Å². The fraction of sp³-hybridized carbons (Fsp3) is 1.00. The Morgan fingerprint density at radius 3 is 2.93 bits per heavy atom. The standard InChI is InChI=1S/C11H22N2O/c1-2-11(3-4-11)9-13-8-10-7-12-5-6-14-10/h10,12-13H,2-9H2,1H3. The van der Waals surface area contributed by atoms with Crippen molar-refractivity contribution < 1.29 is 4.74 Å². The SMILES string of the molecule is CCC1(CNCC2CNCCO2)CC1. The van der Waals surface area contributed by atoms with E-state index in [2.05, 4.69) is 17.6 Å². The van der Waals surface area contributed by atoms with Crippen LogP contribution in [0.25, 0.3) is 0 Å². The summed E-state index contributed by atoms with van der Waals surface area (Å²) in [6.07, 6.45) is 4.54. The third kappa shape index (κ3) is 2.69. The van der Waals surface area contributed by atoms with Crippen LogP contribution in [0, 0.1) is 5.41 Å². The summed E-state index contributed by atoms with van der Waals surface area (Å²) in [5.74, 6) is 0. The van der Waals surface area contributed by atoms with Crippen molar-refractivity contribution in [3.63, 3.8) is 0 Å². The highest BCUT2D eigenvalue weighted by molar-refractivity contribution is 4.93. The molecule has 1 saturated heterocycles. The maximum absolute atomic E-state index is 5.62. The van der Waals surface area contributed by atoms with Gasteiger partial charge in [0.05, 0.1) is 12.7 Å². The Bertz CT molecular complexity index is 174. The zero-order valence-corrected chi connectivity index (χ0v) is 9.14. The summed E-state index contributed by atoms with van der Waals surface area (Å²) < 4.78 is 5.62. The van der Waals surface area contributed by atoms with Gasteiger partial charge in [-0.15, -0.1) is 0 Å². The molecule has 0 spiro atoms. The maximum Gasteiger partial charge on any atom is 0.0824 e. The first-order valence-electron chi connectivity index (χ1n) is 5.88. The van der Waals surface area contributed by atoms with Crippen LogP contribution in [-0.4, -0.2) is 38.9 Å². The van der Waals surface area contributed by atoms with Crippen molar-refractivity contribution in [3.05, 3.63) is 0 Å². The molecule has 1 aliphatic heterocycles. The second-order valence-corrected chi connectivity index (χ2v) is 4.68. The first-order chi connectivity index (χ1) is 6.85. The molecule has 3 heteroatoms. The molecule has 0 aromatic carbocycles. The van der Waals surface area contributed by atoms with E-state index in [1.54, 1.807) is 0 Å². The number of rotatable bonds is 5. The van der Waals surface area contributed by atoms with Gasteiger partial charge in [-0.1, -0.05) is 6.92 Å². The van der Waals surface area contributed by atoms with Gasteiger partial charge in [-0.05, 0) is 24.7 Å². The average molecular weight is 198 g/mol. The molecule has 2 N–H and O–H groups in total. The van der Waals surface area contributed by atoms with Crippen LogP contribution in [0.3, 0.4) is 0 Å². The van der Waals surface area contributed by atoms with Crippen LogP contribution in [0.4, 0.5) is 0 Å². The van der Waals surface area contributed by atoms with E-state index >= 15 is 0 Å². The van der Waals surface area contributed by atoms with E-state index in [1.165, 1.54) is 25.8 Å². The lowest BCUT2D eigenvalue weighted by Gasteiger charge is -2.24. The lowest BCUT2D eigenvalue weighted by Crippen LogP contribution is -2.44. The van der Waals surface area contributed by atoms with Crippen molar-refractivity contribution in [1.82, 2.24) is 10.6 Å². The normalized spacial score (nSPS) is 30.2. The number of morpholine rings is 1. The van der Waals surface area contributed by atoms with E-state index in [0.29, 0.717) is 11.5 Å². The van der Waals surface area contributed by atoms with Crippen LogP contribution < -0.4 is 10.6 Å². The van der Waals surface area contributed by atoms with Crippen LogP contribution >= 0.6 is 0 Å². The van der Waals surface area contributed by atoms with E-state index in [-0.39, 0.29) is 0 Å². The van der Waals surface area contributed by atoms with Crippen molar-refractivity contribution in [2.75, 3.05) is 32.8 Å². The van der Waals surface area contributed by atoms with Gasteiger partial charge in [0.25, 0.3) is 0 Å². The summed E-state index contributed by atoms with van der Waals surface area (Å²) in [6.45, 7) is 7.37. The predicted molar refractivity (Wildman–Crippen MR) is 57.4 cm³/mol. The second-order valence-electron chi connectivity index (χ2n) is 4.68. The van der Waals surface area contributed by atoms with Gasteiger partial charge < -0.3 is 15.4 Å². The Morgan fingerprint density at radius 2 is 2.36 bits per heavy atom. The van der Waals surface area contributed by atoms with Crippen LogP contribution in [0.2, 0.25) is 0 Å². The highest BCUT2D eigenvalue weighted by atomic mass is 16.5. The number of hydrogen-bond donors (Lipinski definition) is 2. The Balaban J connectivity index is 1.58. The highest BCUT2D eigenvalue weighted by Gasteiger charge is 2.39. The molecular formula is C11H22N2O. The van der Waals surface area contributed by atoms with Crippen molar-refractivity contribution in [3.8, 4) is 0 Å². The third-order valence-corrected chi connectivity index (χ3v) is 3.58. The maximum atomic E-state index is 5.62. The average Bonchev–Trinajstić information content (AvgIpc) is 3.00. The Kier molecular flexibility index (Phi) is 3.42. The van der Waals surface area contributed by atoms with Crippen molar-refractivity contribution in [1.29, 1.82) is 0 Å². The smallest absolute Gasteiger partial charge is 0.0824 e. The molecule has 0 radical (unpaired) electrons. The van der Waals surface area contributed by atoms with E-state index in [0.717, 1.165) is 26.2 Å². The molecule has 2 rings (SSSR count). The third-order valence-electron chi connectivity index (χ3n) is 3.58. The molecule has 1 atom stereocenters. The van der Waals surface area contributed by atoms with Crippen LogP contribution in [0.15, 0.2) is 0 Å². The quantitative estimate of drug-likeness (QED) is 0.684. The van der Waals surface area contributed by atoms with Gasteiger partial charge in [-0.2, -0.15) is 0 Å². The minimum atomic E-state index is 0.386. The number of ether oxygens (including phenoxy) is 1. The molecule has 0 aromatic heterocycles. The summed E-state index contributed by atoms with van der Waals surface area (Å²) in [6, 6.07) is 0. The summed E-state index contributed by atoms with van der Waals surface area (Å²) in [5, 5.41) is 6.89.